The lowest BCUT2D eigenvalue weighted by atomic mass is 10.2. The summed E-state index contributed by atoms with van der Waals surface area (Å²) in [6.45, 7) is 4.00. The largest absolute Gasteiger partial charge is 0.494 e. The zero-order valence-electron chi connectivity index (χ0n) is 15.3. The Morgan fingerprint density at radius 3 is 1.96 bits per heavy atom. The molecule has 0 unspecified atom stereocenters. The standard InChI is InChI=1S/C17H18N4O2.C2H6/c1-18-17-20-19-16(12-8-5-4-6-9-12)21(17)15-13(22-2)10-7-11-14(15)23-3;1-2/h4-11H,1-3H3,(H,18,20);1-2H3. The Balaban J connectivity index is 0.00000109. The number of benzene rings is 2. The van der Waals surface area contributed by atoms with E-state index in [0.717, 1.165) is 11.3 Å². The molecule has 1 heterocycles. The highest BCUT2D eigenvalue weighted by molar-refractivity contribution is 5.67. The van der Waals surface area contributed by atoms with Crippen LogP contribution in [0, 0.1) is 0 Å². The highest BCUT2D eigenvalue weighted by atomic mass is 16.5. The summed E-state index contributed by atoms with van der Waals surface area (Å²) in [6, 6.07) is 15.5. The summed E-state index contributed by atoms with van der Waals surface area (Å²) in [5, 5.41) is 11.6. The summed E-state index contributed by atoms with van der Waals surface area (Å²) in [6.07, 6.45) is 0. The number of hydrogen-bond donors (Lipinski definition) is 1. The predicted molar refractivity (Wildman–Crippen MR) is 101 cm³/mol. The minimum atomic E-state index is 0.603. The van der Waals surface area contributed by atoms with Crippen LogP contribution in [0.4, 0.5) is 5.95 Å². The minimum absolute atomic E-state index is 0.603. The smallest absolute Gasteiger partial charge is 0.229 e. The van der Waals surface area contributed by atoms with Gasteiger partial charge in [0.1, 0.15) is 17.2 Å². The Labute approximate surface area is 148 Å². The number of ether oxygens (including phenoxy) is 2. The lowest BCUT2D eigenvalue weighted by Gasteiger charge is -2.17. The zero-order valence-corrected chi connectivity index (χ0v) is 15.3. The van der Waals surface area contributed by atoms with Gasteiger partial charge in [-0.05, 0) is 12.1 Å². The molecule has 0 amide bonds. The third-order valence-electron chi connectivity index (χ3n) is 3.54. The van der Waals surface area contributed by atoms with Gasteiger partial charge >= 0.3 is 0 Å². The van der Waals surface area contributed by atoms with E-state index in [1.807, 2.05) is 66.9 Å². The van der Waals surface area contributed by atoms with Gasteiger partial charge in [-0.3, -0.25) is 4.57 Å². The van der Waals surface area contributed by atoms with E-state index in [9.17, 15) is 0 Å². The van der Waals surface area contributed by atoms with Gasteiger partial charge in [0.25, 0.3) is 0 Å². The molecule has 0 bridgehead atoms. The lowest BCUT2D eigenvalue weighted by Crippen LogP contribution is -2.07. The van der Waals surface area contributed by atoms with Crippen molar-refractivity contribution in [2.45, 2.75) is 13.8 Å². The van der Waals surface area contributed by atoms with E-state index in [4.69, 9.17) is 9.47 Å². The summed E-state index contributed by atoms with van der Waals surface area (Å²) in [5.74, 6) is 2.67. The highest BCUT2D eigenvalue weighted by Crippen LogP contribution is 2.37. The van der Waals surface area contributed by atoms with E-state index in [-0.39, 0.29) is 0 Å². The number of anilines is 1. The van der Waals surface area contributed by atoms with Crippen LogP contribution < -0.4 is 14.8 Å². The Morgan fingerprint density at radius 2 is 1.44 bits per heavy atom. The van der Waals surface area contributed by atoms with Crippen LogP contribution in [0.15, 0.2) is 48.5 Å². The average Bonchev–Trinajstić information content (AvgIpc) is 3.13. The van der Waals surface area contributed by atoms with Crippen LogP contribution in [0.5, 0.6) is 11.5 Å². The fourth-order valence-electron chi connectivity index (χ4n) is 2.48. The first-order valence-corrected chi connectivity index (χ1v) is 8.20. The minimum Gasteiger partial charge on any atom is -0.494 e. The number of rotatable bonds is 5. The highest BCUT2D eigenvalue weighted by Gasteiger charge is 2.21. The van der Waals surface area contributed by atoms with Crippen LogP contribution >= 0.6 is 0 Å². The summed E-state index contributed by atoms with van der Waals surface area (Å²) < 4.78 is 12.9. The van der Waals surface area contributed by atoms with Crippen LogP contribution in [0.2, 0.25) is 0 Å². The number of para-hydroxylation sites is 1. The van der Waals surface area contributed by atoms with Crippen molar-refractivity contribution < 1.29 is 9.47 Å². The first kappa shape index (κ1) is 18.3. The third-order valence-corrected chi connectivity index (χ3v) is 3.54. The first-order valence-electron chi connectivity index (χ1n) is 8.20. The van der Waals surface area contributed by atoms with E-state index in [1.54, 1.807) is 21.3 Å². The van der Waals surface area contributed by atoms with Crippen molar-refractivity contribution >= 4 is 5.95 Å². The fraction of sp³-hybridized carbons (Fsp3) is 0.263. The number of aromatic nitrogens is 3. The Morgan fingerprint density at radius 1 is 0.840 bits per heavy atom. The van der Waals surface area contributed by atoms with Crippen molar-refractivity contribution in [1.82, 2.24) is 14.8 Å². The quantitative estimate of drug-likeness (QED) is 0.760. The second-order valence-electron chi connectivity index (χ2n) is 4.81. The SMILES string of the molecule is CC.CNc1nnc(-c2ccccc2)n1-c1c(OC)cccc1OC. The number of nitrogens with zero attached hydrogens (tertiary/aromatic N) is 3. The molecule has 6 heteroatoms. The first-order chi connectivity index (χ1) is 12.3. The molecule has 132 valence electrons. The topological polar surface area (TPSA) is 61.2 Å². The second-order valence-corrected chi connectivity index (χ2v) is 4.81. The molecule has 1 aromatic heterocycles. The van der Waals surface area contributed by atoms with Crippen molar-refractivity contribution in [2.24, 2.45) is 0 Å². The molecule has 2 aromatic carbocycles. The van der Waals surface area contributed by atoms with Crippen LogP contribution in [-0.4, -0.2) is 36.0 Å². The summed E-state index contributed by atoms with van der Waals surface area (Å²) in [4.78, 5) is 0. The molecule has 25 heavy (non-hydrogen) atoms. The van der Waals surface area contributed by atoms with E-state index >= 15 is 0 Å². The average molecular weight is 340 g/mol. The summed E-state index contributed by atoms with van der Waals surface area (Å²) in [5.41, 5.74) is 1.71. The van der Waals surface area contributed by atoms with Gasteiger partial charge in [0.15, 0.2) is 5.82 Å². The van der Waals surface area contributed by atoms with Gasteiger partial charge in [0.2, 0.25) is 5.95 Å². The van der Waals surface area contributed by atoms with Gasteiger partial charge in [0, 0.05) is 12.6 Å². The number of methoxy groups -OCH3 is 2. The van der Waals surface area contributed by atoms with E-state index < -0.39 is 0 Å². The molecule has 1 N–H and O–H groups in total. The van der Waals surface area contributed by atoms with Crippen LogP contribution in [0.3, 0.4) is 0 Å². The van der Waals surface area contributed by atoms with Crippen molar-refractivity contribution in [3.8, 4) is 28.6 Å². The maximum atomic E-state index is 5.52. The number of nitrogens with one attached hydrogen (secondary N) is 1. The molecule has 3 rings (SSSR count). The Hall–Kier alpha value is -3.02. The van der Waals surface area contributed by atoms with E-state index in [2.05, 4.69) is 15.5 Å². The van der Waals surface area contributed by atoms with Gasteiger partial charge in [-0.1, -0.05) is 50.2 Å². The molecule has 0 aliphatic heterocycles. The van der Waals surface area contributed by atoms with Gasteiger partial charge in [0.05, 0.1) is 14.2 Å². The van der Waals surface area contributed by atoms with Crippen LogP contribution in [0.1, 0.15) is 13.8 Å². The maximum Gasteiger partial charge on any atom is 0.229 e. The maximum absolute atomic E-state index is 5.52. The summed E-state index contributed by atoms with van der Waals surface area (Å²) >= 11 is 0. The summed E-state index contributed by atoms with van der Waals surface area (Å²) in [7, 11) is 5.06. The third kappa shape index (κ3) is 3.57. The molecular weight excluding hydrogens is 316 g/mol. The number of hydrogen-bond acceptors (Lipinski definition) is 5. The fourth-order valence-corrected chi connectivity index (χ4v) is 2.48. The van der Waals surface area contributed by atoms with Gasteiger partial charge < -0.3 is 14.8 Å². The van der Waals surface area contributed by atoms with Gasteiger partial charge in [-0.25, -0.2) is 0 Å². The molecule has 0 aliphatic rings. The monoisotopic (exact) mass is 340 g/mol. The molecule has 0 saturated heterocycles. The molecule has 0 spiro atoms. The van der Waals surface area contributed by atoms with E-state index in [1.165, 1.54) is 0 Å². The molecule has 6 nitrogen and oxygen atoms in total. The van der Waals surface area contributed by atoms with Gasteiger partial charge in [-0.2, -0.15) is 0 Å². The second kappa shape index (κ2) is 8.73. The molecule has 0 radical (unpaired) electrons. The molecule has 3 aromatic rings. The molecule has 0 fully saturated rings. The molecule has 0 aliphatic carbocycles. The Bertz CT molecular complexity index is 778. The van der Waals surface area contributed by atoms with Crippen molar-refractivity contribution in [1.29, 1.82) is 0 Å². The normalized spacial score (nSPS) is 9.80. The van der Waals surface area contributed by atoms with Crippen LogP contribution in [0.25, 0.3) is 17.1 Å². The Kier molecular flexibility index (Phi) is 6.39. The lowest BCUT2D eigenvalue weighted by molar-refractivity contribution is 0.391. The predicted octanol–water partition coefficient (Wildman–Crippen LogP) is 4.02. The van der Waals surface area contributed by atoms with Crippen LogP contribution in [-0.2, 0) is 0 Å². The molecular formula is C19H24N4O2. The van der Waals surface area contributed by atoms with Crippen molar-refractivity contribution in [3.63, 3.8) is 0 Å². The van der Waals surface area contributed by atoms with Crippen molar-refractivity contribution in [3.05, 3.63) is 48.5 Å². The molecule has 0 saturated carbocycles. The van der Waals surface area contributed by atoms with Gasteiger partial charge in [-0.15, -0.1) is 10.2 Å². The van der Waals surface area contributed by atoms with Crippen molar-refractivity contribution in [2.75, 3.05) is 26.6 Å². The van der Waals surface area contributed by atoms with E-state index in [0.29, 0.717) is 23.3 Å². The molecule has 0 atom stereocenters. The zero-order chi connectivity index (χ0) is 18.2.